The minimum absolute atomic E-state index is 0.109. The zero-order chi connectivity index (χ0) is 15.7. The Labute approximate surface area is 129 Å². The summed E-state index contributed by atoms with van der Waals surface area (Å²) in [5.41, 5.74) is 0.671. The lowest BCUT2D eigenvalue weighted by Gasteiger charge is -2.17. The van der Waals surface area contributed by atoms with E-state index in [2.05, 4.69) is 23.9 Å². The lowest BCUT2D eigenvalue weighted by atomic mass is 10.1. The number of halogens is 2. The van der Waals surface area contributed by atoms with Gasteiger partial charge in [-0.3, -0.25) is 0 Å². The number of para-hydroxylation sites is 1. The van der Waals surface area contributed by atoms with Crippen molar-refractivity contribution in [2.24, 2.45) is 0 Å². The van der Waals surface area contributed by atoms with Gasteiger partial charge in [0, 0.05) is 18.2 Å². The predicted molar refractivity (Wildman–Crippen MR) is 83.5 cm³/mol. The van der Waals surface area contributed by atoms with Gasteiger partial charge in [-0.1, -0.05) is 19.1 Å². The van der Waals surface area contributed by atoms with E-state index in [9.17, 15) is 8.78 Å². The van der Waals surface area contributed by atoms with Crippen molar-refractivity contribution in [3.8, 4) is 11.5 Å². The molecule has 0 saturated carbocycles. The Morgan fingerprint density at radius 3 is 2.71 bits per heavy atom. The molecule has 0 saturated heterocycles. The Morgan fingerprint density at radius 1 is 1.33 bits per heavy atom. The lowest BCUT2D eigenvalue weighted by Crippen LogP contribution is -2.26. The van der Waals surface area contributed by atoms with E-state index in [0.29, 0.717) is 23.9 Å². The van der Waals surface area contributed by atoms with Crippen LogP contribution in [0.5, 0.6) is 11.5 Å². The SMILES string of the molecule is CCSCCC(C)NCc1cccc(OC)c1OC(F)F. The van der Waals surface area contributed by atoms with Gasteiger partial charge in [-0.2, -0.15) is 20.5 Å². The molecule has 0 aliphatic heterocycles. The van der Waals surface area contributed by atoms with Crippen LogP contribution in [0.4, 0.5) is 8.78 Å². The number of thioether (sulfide) groups is 1. The molecular formula is C15H23F2NO2S. The van der Waals surface area contributed by atoms with E-state index in [1.807, 2.05) is 11.8 Å². The first-order chi connectivity index (χ1) is 10.1. The fraction of sp³-hybridized carbons (Fsp3) is 0.600. The molecule has 21 heavy (non-hydrogen) atoms. The third-order valence-corrected chi connectivity index (χ3v) is 3.96. The van der Waals surface area contributed by atoms with Crippen LogP contribution in [0.2, 0.25) is 0 Å². The number of rotatable bonds is 10. The monoisotopic (exact) mass is 319 g/mol. The van der Waals surface area contributed by atoms with Crippen molar-refractivity contribution in [2.75, 3.05) is 18.6 Å². The summed E-state index contributed by atoms with van der Waals surface area (Å²) in [7, 11) is 1.44. The van der Waals surface area contributed by atoms with Crippen molar-refractivity contribution in [1.82, 2.24) is 5.32 Å². The maximum atomic E-state index is 12.5. The maximum absolute atomic E-state index is 12.5. The van der Waals surface area contributed by atoms with Crippen LogP contribution in [-0.2, 0) is 6.54 Å². The van der Waals surface area contributed by atoms with Crippen molar-refractivity contribution in [1.29, 1.82) is 0 Å². The molecule has 1 N–H and O–H groups in total. The molecule has 0 fully saturated rings. The van der Waals surface area contributed by atoms with E-state index in [1.165, 1.54) is 7.11 Å². The minimum atomic E-state index is -2.86. The van der Waals surface area contributed by atoms with Crippen molar-refractivity contribution >= 4 is 11.8 Å². The zero-order valence-corrected chi connectivity index (χ0v) is 13.5. The Balaban J connectivity index is 2.64. The average molecular weight is 319 g/mol. The molecule has 0 aliphatic rings. The molecule has 120 valence electrons. The fourth-order valence-corrected chi connectivity index (χ4v) is 2.68. The third-order valence-electron chi connectivity index (χ3n) is 3.03. The summed E-state index contributed by atoms with van der Waals surface area (Å²) in [5.74, 6) is 2.62. The van der Waals surface area contributed by atoms with Crippen molar-refractivity contribution < 1.29 is 18.3 Å². The molecule has 1 aromatic carbocycles. The second-order valence-electron chi connectivity index (χ2n) is 4.59. The van der Waals surface area contributed by atoms with Gasteiger partial charge in [0.25, 0.3) is 0 Å². The molecular weight excluding hydrogens is 296 g/mol. The highest BCUT2D eigenvalue weighted by Gasteiger charge is 2.15. The molecule has 3 nitrogen and oxygen atoms in total. The number of hydrogen-bond donors (Lipinski definition) is 1. The van der Waals surface area contributed by atoms with Crippen LogP contribution in [0, 0.1) is 0 Å². The van der Waals surface area contributed by atoms with Gasteiger partial charge in [-0.25, -0.2) is 0 Å². The van der Waals surface area contributed by atoms with E-state index in [4.69, 9.17) is 4.74 Å². The number of alkyl halides is 2. The first-order valence-corrected chi connectivity index (χ1v) is 8.15. The van der Waals surface area contributed by atoms with Crippen LogP contribution in [0.3, 0.4) is 0 Å². The van der Waals surface area contributed by atoms with Crippen LogP contribution < -0.4 is 14.8 Å². The highest BCUT2D eigenvalue weighted by molar-refractivity contribution is 7.99. The first kappa shape index (κ1) is 18.0. The first-order valence-electron chi connectivity index (χ1n) is 7.00. The van der Waals surface area contributed by atoms with E-state index >= 15 is 0 Å². The van der Waals surface area contributed by atoms with E-state index in [0.717, 1.165) is 17.9 Å². The quantitative estimate of drug-likeness (QED) is 0.662. The molecule has 1 rings (SSSR count). The third kappa shape index (κ3) is 6.52. The number of ether oxygens (including phenoxy) is 2. The van der Waals surface area contributed by atoms with Crippen LogP contribution in [-0.4, -0.2) is 31.3 Å². The van der Waals surface area contributed by atoms with Crippen molar-refractivity contribution in [2.45, 2.75) is 39.5 Å². The van der Waals surface area contributed by atoms with E-state index in [1.54, 1.807) is 18.2 Å². The molecule has 0 amide bonds. The van der Waals surface area contributed by atoms with Gasteiger partial charge in [-0.15, -0.1) is 0 Å². The van der Waals surface area contributed by atoms with Crippen LogP contribution in [0.15, 0.2) is 18.2 Å². The molecule has 6 heteroatoms. The number of benzene rings is 1. The summed E-state index contributed by atoms with van der Waals surface area (Å²) < 4.78 is 34.7. The van der Waals surface area contributed by atoms with Crippen molar-refractivity contribution in [3.63, 3.8) is 0 Å². The van der Waals surface area contributed by atoms with Gasteiger partial charge >= 0.3 is 6.61 Å². The van der Waals surface area contributed by atoms with Gasteiger partial charge in [0.05, 0.1) is 7.11 Å². The molecule has 0 bridgehead atoms. The molecule has 0 aromatic heterocycles. The van der Waals surface area contributed by atoms with E-state index in [-0.39, 0.29) is 5.75 Å². The number of hydrogen-bond acceptors (Lipinski definition) is 4. The predicted octanol–water partition coefficient (Wildman–Crippen LogP) is 3.92. The second kappa shape index (κ2) is 9.84. The van der Waals surface area contributed by atoms with Gasteiger partial charge in [0.15, 0.2) is 11.5 Å². The largest absolute Gasteiger partial charge is 0.493 e. The van der Waals surface area contributed by atoms with Gasteiger partial charge in [-0.05, 0) is 30.9 Å². The molecule has 0 aliphatic carbocycles. The Hall–Kier alpha value is -1.01. The summed E-state index contributed by atoms with van der Waals surface area (Å²) in [6, 6.07) is 5.46. The van der Waals surface area contributed by atoms with Crippen LogP contribution >= 0.6 is 11.8 Å². The zero-order valence-electron chi connectivity index (χ0n) is 12.7. The smallest absolute Gasteiger partial charge is 0.387 e. The summed E-state index contributed by atoms with van der Waals surface area (Å²) in [4.78, 5) is 0. The summed E-state index contributed by atoms with van der Waals surface area (Å²) in [5, 5.41) is 3.33. The standard InChI is InChI=1S/C15H23F2NO2S/c1-4-21-9-8-11(2)18-10-12-6-5-7-13(19-3)14(12)20-15(16)17/h5-7,11,15,18H,4,8-10H2,1-3H3. The molecule has 0 radical (unpaired) electrons. The Bertz CT molecular complexity index is 419. The lowest BCUT2D eigenvalue weighted by molar-refractivity contribution is -0.0518. The highest BCUT2D eigenvalue weighted by atomic mass is 32.2. The molecule has 1 aromatic rings. The number of methoxy groups -OCH3 is 1. The minimum Gasteiger partial charge on any atom is -0.493 e. The number of nitrogens with one attached hydrogen (secondary N) is 1. The average Bonchev–Trinajstić information content (AvgIpc) is 2.45. The van der Waals surface area contributed by atoms with Crippen LogP contribution in [0.1, 0.15) is 25.8 Å². The Kier molecular flexibility index (Phi) is 8.45. The summed E-state index contributed by atoms with van der Waals surface area (Å²) in [6.07, 6.45) is 1.04. The molecule has 0 heterocycles. The molecule has 1 atom stereocenters. The van der Waals surface area contributed by atoms with Gasteiger partial charge in [0.2, 0.25) is 0 Å². The van der Waals surface area contributed by atoms with Crippen molar-refractivity contribution in [3.05, 3.63) is 23.8 Å². The highest BCUT2D eigenvalue weighted by Crippen LogP contribution is 2.32. The van der Waals surface area contributed by atoms with E-state index < -0.39 is 6.61 Å². The molecule has 1 unspecified atom stereocenters. The normalized spacial score (nSPS) is 12.5. The van der Waals surface area contributed by atoms with Gasteiger partial charge in [0.1, 0.15) is 0 Å². The fourth-order valence-electron chi connectivity index (χ4n) is 1.87. The van der Waals surface area contributed by atoms with Gasteiger partial charge < -0.3 is 14.8 Å². The topological polar surface area (TPSA) is 30.5 Å². The van der Waals surface area contributed by atoms with Crippen LogP contribution in [0.25, 0.3) is 0 Å². The second-order valence-corrected chi connectivity index (χ2v) is 5.99. The Morgan fingerprint density at radius 2 is 2.10 bits per heavy atom. The summed E-state index contributed by atoms with van der Waals surface area (Å²) in [6.45, 7) is 1.83. The summed E-state index contributed by atoms with van der Waals surface area (Å²) >= 11 is 1.89. The molecule has 0 spiro atoms. The maximum Gasteiger partial charge on any atom is 0.387 e.